The summed E-state index contributed by atoms with van der Waals surface area (Å²) < 4.78 is 172. The normalized spacial score (nSPS) is 15.2. The van der Waals surface area contributed by atoms with Gasteiger partial charge in [0.1, 0.15) is 31.8 Å². The van der Waals surface area contributed by atoms with Crippen molar-refractivity contribution >= 4 is 17.9 Å². The fourth-order valence-corrected chi connectivity index (χ4v) is 2.95. The average Bonchev–Trinajstić information content (AvgIpc) is 2.83. The Kier molecular flexibility index (Phi) is 12.9. The lowest BCUT2D eigenvalue weighted by Gasteiger charge is -2.38. The first-order chi connectivity index (χ1) is 19.4. The van der Waals surface area contributed by atoms with Crippen molar-refractivity contribution in [1.82, 2.24) is 0 Å². The SMILES string of the molecule is C=C(C)C(=O)OCC(COC(=O)C(=C)C)(COC(=O)C(=C)C)COC(=C(C(C)(F)C(F)(F)F)C(C)(F)C(F)(F)F)C(F)(F)F. The maximum atomic E-state index is 15.0. The molecule has 18 heteroatoms. The van der Waals surface area contributed by atoms with E-state index in [-0.39, 0.29) is 16.7 Å². The predicted molar refractivity (Wildman–Crippen MR) is 130 cm³/mol. The Morgan fingerprint density at radius 1 is 0.523 bits per heavy atom. The van der Waals surface area contributed by atoms with Crippen molar-refractivity contribution < 1.29 is 81.6 Å². The lowest BCUT2D eigenvalue weighted by atomic mass is 9.82. The van der Waals surface area contributed by atoms with E-state index in [1.165, 1.54) is 0 Å². The van der Waals surface area contributed by atoms with E-state index < -0.39 is 105 Å². The van der Waals surface area contributed by atoms with Crippen LogP contribution in [0.1, 0.15) is 34.6 Å². The van der Waals surface area contributed by atoms with Gasteiger partial charge in [-0.05, 0) is 34.6 Å². The Balaban J connectivity index is 7.54. The summed E-state index contributed by atoms with van der Waals surface area (Å²) in [7, 11) is 0. The number of allylic oxidation sites excluding steroid dienone is 2. The third-order valence-electron chi connectivity index (χ3n) is 5.58. The third kappa shape index (κ3) is 10.2. The number of alkyl halides is 11. The maximum absolute atomic E-state index is 15.0. The Morgan fingerprint density at radius 2 is 0.773 bits per heavy atom. The molecule has 0 fully saturated rings. The Labute approximate surface area is 244 Å². The summed E-state index contributed by atoms with van der Waals surface area (Å²) in [5, 5.41) is 0. The highest BCUT2D eigenvalue weighted by atomic mass is 19.4. The summed E-state index contributed by atoms with van der Waals surface area (Å²) in [5.74, 6) is -7.20. The number of hydrogen-bond donors (Lipinski definition) is 0. The highest BCUT2D eigenvalue weighted by molar-refractivity contribution is 5.88. The van der Waals surface area contributed by atoms with Gasteiger partial charge in [0.25, 0.3) is 0 Å². The Bertz CT molecular complexity index is 1070. The lowest BCUT2D eigenvalue weighted by Crippen LogP contribution is -2.54. The molecule has 0 N–H and O–H groups in total. The molecule has 0 radical (unpaired) electrons. The fraction of sp³-hybridized carbons (Fsp3) is 0.577. The van der Waals surface area contributed by atoms with Crippen LogP contribution in [0, 0.1) is 5.41 Å². The molecule has 0 aromatic rings. The molecule has 0 rings (SSSR count). The minimum Gasteiger partial charge on any atom is -0.488 e. The molecule has 0 heterocycles. The van der Waals surface area contributed by atoms with E-state index >= 15 is 0 Å². The van der Waals surface area contributed by atoms with Crippen LogP contribution in [0.15, 0.2) is 47.8 Å². The van der Waals surface area contributed by atoms with E-state index in [1.54, 1.807) is 0 Å². The van der Waals surface area contributed by atoms with E-state index in [2.05, 4.69) is 24.5 Å². The molecule has 0 aliphatic heterocycles. The molecule has 0 aliphatic rings. The third-order valence-corrected chi connectivity index (χ3v) is 5.58. The van der Waals surface area contributed by atoms with Gasteiger partial charge in [0.15, 0.2) is 0 Å². The van der Waals surface area contributed by atoms with Crippen molar-refractivity contribution in [3.63, 3.8) is 0 Å². The van der Waals surface area contributed by atoms with Gasteiger partial charge in [-0.25, -0.2) is 23.2 Å². The van der Waals surface area contributed by atoms with Crippen molar-refractivity contribution in [2.45, 2.75) is 64.5 Å². The van der Waals surface area contributed by atoms with Crippen molar-refractivity contribution in [3.05, 3.63) is 47.8 Å². The van der Waals surface area contributed by atoms with E-state index in [9.17, 15) is 62.7 Å². The number of carbonyl (C=O) groups excluding carboxylic acids is 3. The highest BCUT2D eigenvalue weighted by Gasteiger charge is 2.70. The minimum absolute atomic E-state index is 0.326. The van der Waals surface area contributed by atoms with E-state index in [0.29, 0.717) is 0 Å². The quantitative estimate of drug-likeness (QED) is 0.0669. The molecule has 2 unspecified atom stereocenters. The molecule has 0 aromatic heterocycles. The number of rotatable bonds is 14. The summed E-state index contributed by atoms with van der Waals surface area (Å²) in [6.45, 7) is 5.75. The summed E-state index contributed by atoms with van der Waals surface area (Å²) in [5.41, 5.74) is -18.4. The maximum Gasteiger partial charge on any atom is 0.449 e. The molecule has 0 saturated carbocycles. The minimum atomic E-state index is -6.55. The molecule has 252 valence electrons. The van der Waals surface area contributed by atoms with E-state index in [1.807, 2.05) is 0 Å². The van der Waals surface area contributed by atoms with Gasteiger partial charge in [-0.1, -0.05) is 19.7 Å². The summed E-state index contributed by atoms with van der Waals surface area (Å²) in [6, 6.07) is 0. The van der Waals surface area contributed by atoms with Crippen molar-refractivity contribution in [1.29, 1.82) is 0 Å². The van der Waals surface area contributed by atoms with Gasteiger partial charge >= 0.3 is 36.4 Å². The average molecular weight is 662 g/mol. The van der Waals surface area contributed by atoms with E-state index in [0.717, 1.165) is 20.8 Å². The van der Waals surface area contributed by atoms with Gasteiger partial charge in [0.05, 0.1) is 5.57 Å². The first-order valence-corrected chi connectivity index (χ1v) is 11.9. The number of halogens is 11. The zero-order valence-electron chi connectivity index (χ0n) is 24.0. The molecule has 0 bridgehead atoms. The van der Waals surface area contributed by atoms with Gasteiger partial charge in [-0.3, -0.25) is 0 Å². The van der Waals surface area contributed by atoms with Crippen LogP contribution in [-0.4, -0.2) is 74.2 Å². The second kappa shape index (κ2) is 14.0. The van der Waals surface area contributed by atoms with Crippen LogP contribution in [0.2, 0.25) is 0 Å². The second-order valence-electron chi connectivity index (χ2n) is 10.1. The standard InChI is InChI=1S/C26H29F11O7/c1-13(2)18(38)42-10-23(11-43-19(39)14(3)4,12-44-20(40)15(5)6)9-41-17(24(29,30)31)16(21(7,27)25(32,33)34)22(8,28)26(35,36)37/h1,3,5,9-12H2,2,4,6-8H3. The van der Waals surface area contributed by atoms with Crippen LogP contribution in [0.4, 0.5) is 48.3 Å². The molecule has 0 aromatic carbocycles. The van der Waals surface area contributed by atoms with Crippen LogP contribution in [0.5, 0.6) is 0 Å². The van der Waals surface area contributed by atoms with Crippen LogP contribution >= 0.6 is 0 Å². The monoisotopic (exact) mass is 662 g/mol. The first-order valence-electron chi connectivity index (χ1n) is 11.9. The number of esters is 3. The molecule has 0 amide bonds. The van der Waals surface area contributed by atoms with Crippen LogP contribution in [-0.2, 0) is 33.3 Å². The highest BCUT2D eigenvalue weighted by Crippen LogP contribution is 2.53. The lowest BCUT2D eigenvalue weighted by molar-refractivity contribution is -0.249. The van der Waals surface area contributed by atoms with Crippen LogP contribution in [0.3, 0.4) is 0 Å². The zero-order chi connectivity index (χ0) is 35.3. The molecular formula is C26H29F11O7. The Morgan fingerprint density at radius 3 is 0.977 bits per heavy atom. The fourth-order valence-electron chi connectivity index (χ4n) is 2.95. The zero-order valence-corrected chi connectivity index (χ0v) is 24.0. The summed E-state index contributed by atoms with van der Waals surface area (Å²) >= 11 is 0. The molecule has 44 heavy (non-hydrogen) atoms. The number of carbonyl (C=O) groups is 3. The molecular weight excluding hydrogens is 633 g/mol. The number of ether oxygens (including phenoxy) is 4. The van der Waals surface area contributed by atoms with E-state index in [4.69, 9.17) is 14.2 Å². The summed E-state index contributed by atoms with van der Waals surface area (Å²) in [6.07, 6.45) is -19.5. The molecule has 0 saturated heterocycles. The first kappa shape index (κ1) is 40.4. The van der Waals surface area contributed by atoms with Gasteiger partial charge in [-0.15, -0.1) is 0 Å². The Hall–Kier alpha value is -3.60. The van der Waals surface area contributed by atoms with Gasteiger partial charge in [0.2, 0.25) is 17.1 Å². The largest absolute Gasteiger partial charge is 0.488 e. The van der Waals surface area contributed by atoms with Crippen molar-refractivity contribution in [2.75, 3.05) is 26.4 Å². The molecule has 0 aliphatic carbocycles. The molecule has 2 atom stereocenters. The van der Waals surface area contributed by atoms with Gasteiger partial charge in [0, 0.05) is 16.7 Å². The predicted octanol–water partition coefficient (Wildman–Crippen LogP) is 6.74. The van der Waals surface area contributed by atoms with Gasteiger partial charge in [-0.2, -0.15) is 39.5 Å². The van der Waals surface area contributed by atoms with Crippen molar-refractivity contribution in [3.8, 4) is 0 Å². The number of hydrogen-bond acceptors (Lipinski definition) is 7. The van der Waals surface area contributed by atoms with Crippen LogP contribution in [0.25, 0.3) is 0 Å². The van der Waals surface area contributed by atoms with Crippen LogP contribution < -0.4 is 0 Å². The second-order valence-corrected chi connectivity index (χ2v) is 10.1. The smallest absolute Gasteiger partial charge is 0.449 e. The molecule has 7 nitrogen and oxygen atoms in total. The summed E-state index contributed by atoms with van der Waals surface area (Å²) in [4.78, 5) is 36.1. The van der Waals surface area contributed by atoms with Gasteiger partial charge < -0.3 is 18.9 Å². The topological polar surface area (TPSA) is 88.1 Å². The van der Waals surface area contributed by atoms with Crippen molar-refractivity contribution in [2.24, 2.45) is 5.41 Å². The molecule has 0 spiro atoms.